The van der Waals surface area contributed by atoms with Gasteiger partial charge >= 0.3 is 6.03 Å². The third-order valence-corrected chi connectivity index (χ3v) is 23.8. The molecule has 0 aromatic heterocycles. The molecule has 36 nitrogen and oxygen atoms in total. The molecule has 628 valence electrons. The Bertz CT molecular complexity index is 5050. The van der Waals surface area contributed by atoms with Crippen LogP contribution in [0.2, 0.25) is 5.02 Å². The Kier molecular flexibility index (Phi) is 24.2. The molecule has 7 aliphatic heterocycles. The van der Waals surface area contributed by atoms with Crippen LogP contribution in [0.15, 0.2) is 103 Å². The van der Waals surface area contributed by atoms with Gasteiger partial charge in [-0.05, 0) is 188 Å². The number of hydrogen-bond acceptors (Lipinski definition) is 26. The number of urea groups is 1. The first-order valence-corrected chi connectivity index (χ1v) is 40.8. The van der Waals surface area contributed by atoms with Crippen molar-refractivity contribution in [2.45, 2.75) is 163 Å². The number of nitrogens with two attached hydrogens (primary N) is 1. The molecule has 21 N–H and O–H groups in total. The number of carbonyl (C=O) groups excluding carboxylic acids is 9. The number of rotatable bonds is 16. The van der Waals surface area contributed by atoms with Gasteiger partial charge in [0, 0.05) is 41.0 Å². The smallest absolute Gasteiger partial charge is 0.325 e. The summed E-state index contributed by atoms with van der Waals surface area (Å²) in [6.07, 6.45) is -9.80. The molecule has 17 rings (SSSR count). The molecule has 10 amide bonds. The van der Waals surface area contributed by atoms with Gasteiger partial charge < -0.3 is 118 Å². The highest BCUT2D eigenvalue weighted by Gasteiger charge is 2.52. The summed E-state index contributed by atoms with van der Waals surface area (Å²) in [6.45, 7) is 3.79. The van der Waals surface area contributed by atoms with Gasteiger partial charge in [-0.25, -0.2) is 17.9 Å². The third kappa shape index (κ3) is 17.8. The number of sulfonamides is 1. The summed E-state index contributed by atoms with van der Waals surface area (Å²) in [6, 6.07) is 2.93. The van der Waals surface area contributed by atoms with Crippen LogP contribution >= 0.6 is 11.6 Å². The van der Waals surface area contributed by atoms with E-state index in [2.05, 4.69) is 57.9 Å². The number of benzene rings is 6. The zero-order chi connectivity index (χ0) is 84.2. The number of amides is 10. The fraction of sp³-hybridized carbons (Fsp3) is 0.438. The summed E-state index contributed by atoms with van der Waals surface area (Å²) in [5.41, 5.74) is 4.75. The van der Waals surface area contributed by atoms with E-state index >= 15 is 28.8 Å². The predicted octanol–water partition coefficient (Wildman–Crippen LogP) is 2.27. The van der Waals surface area contributed by atoms with Gasteiger partial charge in [0.2, 0.25) is 69.3 Å². The predicted molar refractivity (Wildman–Crippen MR) is 416 cm³/mol. The van der Waals surface area contributed by atoms with Crippen molar-refractivity contribution in [3.05, 3.63) is 142 Å². The van der Waals surface area contributed by atoms with Crippen LogP contribution in [0.5, 0.6) is 51.7 Å². The van der Waals surface area contributed by atoms with Gasteiger partial charge in [0.05, 0.1) is 36.4 Å². The lowest BCUT2D eigenvalue weighted by molar-refractivity contribution is -0.277. The second-order valence-corrected chi connectivity index (χ2v) is 33.9. The molecule has 18 bridgehead atoms. The summed E-state index contributed by atoms with van der Waals surface area (Å²) in [7, 11) is -1.99. The number of phenolic OH excluding ortho intramolecular Hbond substituents is 3. The Morgan fingerprint density at radius 2 is 1.30 bits per heavy atom. The molecule has 0 spiro atoms. The molecule has 1 saturated heterocycles. The quantitative estimate of drug-likeness (QED) is 0.0618. The highest BCUT2D eigenvalue weighted by atomic mass is 35.5. The van der Waals surface area contributed by atoms with E-state index in [1.54, 1.807) is 13.8 Å². The van der Waals surface area contributed by atoms with E-state index in [1.165, 1.54) is 61.6 Å². The lowest BCUT2D eigenvalue weighted by atomic mass is 9.54. The molecule has 1 unspecified atom stereocenters. The molecule has 0 radical (unpaired) electrons. The largest absolute Gasteiger partial charge is 0.508 e. The minimum absolute atomic E-state index is 0.0661. The van der Waals surface area contributed by atoms with Crippen molar-refractivity contribution in [1.29, 1.82) is 0 Å². The molecule has 6 aromatic rings. The summed E-state index contributed by atoms with van der Waals surface area (Å²) in [5, 5.41) is 122. The third-order valence-electron chi connectivity index (χ3n) is 22.8. The van der Waals surface area contributed by atoms with Gasteiger partial charge in [-0.2, -0.15) is 0 Å². The molecular formula is C80H91ClN12O24S. The lowest BCUT2D eigenvalue weighted by Gasteiger charge is -2.54. The number of carbonyl (C=O) groups is 9. The summed E-state index contributed by atoms with van der Waals surface area (Å²) in [5.74, 6) is -13.1. The maximum absolute atomic E-state index is 16.4. The van der Waals surface area contributed by atoms with E-state index in [0.29, 0.717) is 24.0 Å². The second-order valence-electron chi connectivity index (χ2n) is 31.6. The number of anilines is 1. The number of fused-ring (bicyclic) bond motifs is 16. The SMILES string of the molecule is CN[C@H](CC(C)C)C(=O)N[C@H]1C(=O)N[C@@H](CC(=O)NC(=O)Nc2ccc(OCCCNS(C)(=O)=O)cc2)C(=O)N[C@H]2C(=O)N[C@H]3C(=O)N[C@H](C(=O)N[C@H](C(=O)NC4C5CC6CC(C5)CC4C6)c4cc(O)cc(O)c4-c4cc3ccc4O)[C@H](O)c3ccc(c(Cl)c3)Oc3cc2cc2c3O[C@@H]3O[C@H](C(N)c4cc(ccc4O2)[C@H]1O)[C@@H](O)[C@H](O)[C@H]3O. The maximum Gasteiger partial charge on any atom is 0.325 e. The monoisotopic (exact) mass is 1670 g/mol. The van der Waals surface area contributed by atoms with Gasteiger partial charge in [-0.3, -0.25) is 43.7 Å². The van der Waals surface area contributed by atoms with Crippen LogP contribution in [-0.2, 0) is 53.1 Å². The number of hydrogen-bond donors (Lipinski definition) is 20. The summed E-state index contributed by atoms with van der Waals surface area (Å²) in [4.78, 5) is 138. The molecule has 4 saturated carbocycles. The standard InChI is InChI=1S/C80H91ClN12O24S/c1-32(2)18-48(83-3)72(103)92-63-65(98)36-7-14-52-45(25-36)58(82)71-68(101)67(100)69(102)79(117-71)116-70-54(114-52)27-40-28-55(70)115-53-15-8-37(26-47(53)81)66(99)64-78(109)91-62(76(107)88-59-38-20-33-19-34(22-38)23-39(59)21-33)46-29-42(94)30-51(96)57(46)44-24-35(6-13-50(44)95)60(74(105)93-64)90-75(106)61(40)89-73(104)49(86-77(63)108)31-56(97)87-80(110)85-41-9-11-43(12-10-41)113-17-5-16-84-118(4,111)112/h6-15,24-30,32-34,38-39,48-49,58-69,71,79,83-84,94-96,98-102H,5,16-23,31,82H2,1-4H3,(H,86,108)(H,88,107)(H,89,104)(H,90,106)(H,91,109)(H,92,103)(H,93,105)(H2,85,87,97,110)/t33?,34?,38?,39?,48-,49+,58?,59?,60-,61-,62+,63-,64+,65-,66-,67+,68+,69-,71-,79-/m1/s1. The van der Waals surface area contributed by atoms with Crippen molar-refractivity contribution in [2.24, 2.45) is 35.3 Å². The fourth-order valence-electron chi connectivity index (χ4n) is 17.2. The topological polar surface area (TPSA) is 554 Å². The van der Waals surface area contributed by atoms with Crippen LogP contribution in [0.1, 0.15) is 135 Å². The number of imide groups is 1. The molecule has 118 heavy (non-hydrogen) atoms. The molecule has 11 aliphatic rings. The first-order valence-electron chi connectivity index (χ1n) is 38.6. The lowest BCUT2D eigenvalue weighted by Crippen LogP contribution is -2.61. The molecule has 15 atom stereocenters. The van der Waals surface area contributed by atoms with Gasteiger partial charge in [-0.15, -0.1) is 0 Å². The first-order chi connectivity index (χ1) is 56.1. The van der Waals surface area contributed by atoms with Gasteiger partial charge in [0.25, 0.3) is 0 Å². The van der Waals surface area contributed by atoms with E-state index in [9.17, 15) is 63.7 Å². The summed E-state index contributed by atoms with van der Waals surface area (Å²) < 4.78 is 57.2. The van der Waals surface area contributed by atoms with Gasteiger partial charge in [0.15, 0.2) is 11.5 Å². The Morgan fingerprint density at radius 3 is 1.97 bits per heavy atom. The van der Waals surface area contributed by atoms with Crippen LogP contribution in [0.3, 0.4) is 0 Å². The van der Waals surface area contributed by atoms with Crippen LogP contribution < -0.4 is 82.6 Å². The number of ether oxygens (including phenoxy) is 5. The van der Waals surface area contributed by atoms with Crippen molar-refractivity contribution in [1.82, 2.24) is 52.6 Å². The molecule has 38 heteroatoms. The molecular weight excluding hydrogens is 1580 g/mol. The highest BCUT2D eigenvalue weighted by molar-refractivity contribution is 7.88. The Labute approximate surface area is 680 Å². The van der Waals surface area contributed by atoms with E-state index in [1.807, 2.05) is 0 Å². The van der Waals surface area contributed by atoms with Crippen molar-refractivity contribution in [3.8, 4) is 62.9 Å². The minimum atomic E-state index is -3.45. The molecule has 7 heterocycles. The van der Waals surface area contributed by atoms with Crippen LogP contribution in [0, 0.1) is 29.6 Å². The number of aromatic hydroxyl groups is 3. The Hall–Kier alpha value is -11.0. The second kappa shape index (κ2) is 34.2. The fourth-order valence-corrected chi connectivity index (χ4v) is 18.0. The van der Waals surface area contributed by atoms with Crippen molar-refractivity contribution in [2.75, 3.05) is 31.8 Å². The van der Waals surface area contributed by atoms with Crippen molar-refractivity contribution in [3.63, 3.8) is 0 Å². The number of nitrogens with one attached hydrogen (secondary N) is 11. The highest BCUT2D eigenvalue weighted by Crippen LogP contribution is 2.55. The number of halogens is 1. The van der Waals surface area contributed by atoms with Crippen molar-refractivity contribution >= 4 is 80.6 Å². The zero-order valence-corrected chi connectivity index (χ0v) is 65.6. The number of aliphatic hydroxyl groups excluding tert-OH is 5. The number of likely N-dealkylation sites (N-methyl/N-ethyl adjacent to an activating group) is 1. The average Bonchev–Trinajstić information content (AvgIpc) is 0.756. The normalized spacial score (nSPS) is 28.5. The van der Waals surface area contributed by atoms with Gasteiger partial charge in [0.1, 0.15) is 107 Å². The van der Waals surface area contributed by atoms with Crippen LogP contribution in [0.4, 0.5) is 10.5 Å². The Morgan fingerprint density at radius 1 is 0.653 bits per heavy atom. The van der Waals surface area contributed by atoms with Crippen LogP contribution in [-0.4, -0.2) is 190 Å². The molecule has 5 fully saturated rings. The summed E-state index contributed by atoms with van der Waals surface area (Å²) >= 11 is 7.17. The average molecular weight is 1670 g/mol. The van der Waals surface area contributed by atoms with E-state index in [4.69, 9.17) is 41.0 Å². The number of aliphatic hydroxyl groups is 5. The molecule has 6 aromatic carbocycles. The van der Waals surface area contributed by atoms with E-state index < -0.39 is 201 Å². The molecule has 4 aliphatic carbocycles. The number of phenols is 3. The van der Waals surface area contributed by atoms with Crippen LogP contribution in [0.25, 0.3) is 11.1 Å². The van der Waals surface area contributed by atoms with Gasteiger partial charge in [-0.1, -0.05) is 43.6 Å². The Balaban J connectivity index is 0.920. The zero-order valence-electron chi connectivity index (χ0n) is 64.0. The van der Waals surface area contributed by atoms with E-state index in [0.717, 1.165) is 86.9 Å². The van der Waals surface area contributed by atoms with Crippen molar-refractivity contribution < 1.29 is 116 Å². The van der Waals surface area contributed by atoms with E-state index in [-0.39, 0.29) is 105 Å². The maximum atomic E-state index is 16.4. The minimum Gasteiger partial charge on any atom is -0.508 e. The first kappa shape index (κ1) is 83.5.